The Bertz CT molecular complexity index is 1330. The third-order valence-corrected chi connectivity index (χ3v) is 5.65. The Kier molecular flexibility index (Phi) is 6.24. The fourth-order valence-electron chi connectivity index (χ4n) is 3.75. The molecule has 0 amide bonds. The summed E-state index contributed by atoms with van der Waals surface area (Å²) >= 11 is 0. The largest absolute Gasteiger partial charge is 0.502 e. The predicted octanol–water partition coefficient (Wildman–Crippen LogP) is 4.32. The number of ether oxygens (including phenoxy) is 1. The summed E-state index contributed by atoms with van der Waals surface area (Å²) in [6.45, 7) is 1.97. The van der Waals surface area contributed by atoms with Gasteiger partial charge in [-0.1, -0.05) is 42.5 Å². The number of para-hydroxylation sites is 1. The number of methoxy groups -OCH3 is 1. The lowest BCUT2D eigenvalue weighted by molar-refractivity contribution is 0.414. The Balaban J connectivity index is 1.74. The normalized spacial score (nSPS) is 12.9. The van der Waals surface area contributed by atoms with Gasteiger partial charge in [0, 0.05) is 11.7 Å². The fourth-order valence-corrected chi connectivity index (χ4v) is 3.75. The van der Waals surface area contributed by atoms with Crippen LogP contribution in [0.4, 0.5) is 15.8 Å². The summed E-state index contributed by atoms with van der Waals surface area (Å²) in [4.78, 5) is 23.3. The minimum absolute atomic E-state index is 0.118. The molecule has 0 aliphatic carbocycles. The lowest BCUT2D eigenvalue weighted by Crippen LogP contribution is -2.33. The van der Waals surface area contributed by atoms with Crippen LogP contribution in [0.5, 0.6) is 11.5 Å². The van der Waals surface area contributed by atoms with Crippen LogP contribution in [0.15, 0.2) is 82.4 Å². The van der Waals surface area contributed by atoms with Crippen molar-refractivity contribution in [1.82, 2.24) is 5.32 Å². The van der Waals surface area contributed by atoms with E-state index in [2.05, 4.69) is 10.6 Å². The van der Waals surface area contributed by atoms with Crippen molar-refractivity contribution in [2.75, 3.05) is 12.4 Å². The zero-order valence-corrected chi connectivity index (χ0v) is 18.1. The highest BCUT2D eigenvalue weighted by Gasteiger charge is 2.24. The van der Waals surface area contributed by atoms with Gasteiger partial charge in [-0.2, -0.15) is 0 Å². The molecule has 0 bridgehead atoms. The van der Waals surface area contributed by atoms with Crippen molar-refractivity contribution in [2.45, 2.75) is 19.0 Å². The fraction of sp³-hybridized carbons (Fsp3) is 0.154. The second kappa shape index (κ2) is 9.26. The van der Waals surface area contributed by atoms with Crippen LogP contribution < -0.4 is 26.2 Å². The Morgan fingerprint density at radius 2 is 1.52 bits per heavy atom. The Morgan fingerprint density at radius 1 is 0.879 bits per heavy atom. The van der Waals surface area contributed by atoms with E-state index in [1.54, 1.807) is 31.4 Å². The first kappa shape index (κ1) is 22.2. The molecule has 168 valence electrons. The highest BCUT2D eigenvalue weighted by Crippen LogP contribution is 2.34. The van der Waals surface area contributed by atoms with Crippen molar-refractivity contribution < 1.29 is 14.2 Å². The first-order valence-corrected chi connectivity index (χ1v) is 10.4. The molecule has 4 aromatic carbocycles. The van der Waals surface area contributed by atoms with Gasteiger partial charge >= 0.3 is 0 Å². The summed E-state index contributed by atoms with van der Waals surface area (Å²) in [5.41, 5.74) is 1.42. The van der Waals surface area contributed by atoms with Crippen LogP contribution in [-0.2, 0) is 0 Å². The van der Waals surface area contributed by atoms with Crippen LogP contribution in [0.25, 0.3) is 0 Å². The van der Waals surface area contributed by atoms with Crippen molar-refractivity contribution in [3.63, 3.8) is 0 Å². The molecule has 6 nitrogen and oxygen atoms in total. The van der Waals surface area contributed by atoms with Gasteiger partial charge in [-0.05, 0) is 53.9 Å². The Morgan fingerprint density at radius 3 is 2.15 bits per heavy atom. The second-order valence-electron chi connectivity index (χ2n) is 7.74. The van der Waals surface area contributed by atoms with E-state index in [0.29, 0.717) is 11.4 Å². The van der Waals surface area contributed by atoms with Gasteiger partial charge in [0.1, 0.15) is 17.3 Å². The van der Waals surface area contributed by atoms with Crippen molar-refractivity contribution in [2.24, 2.45) is 0 Å². The maximum absolute atomic E-state index is 13.4. The molecule has 0 aliphatic rings. The van der Waals surface area contributed by atoms with Gasteiger partial charge in [0.05, 0.1) is 13.2 Å². The van der Waals surface area contributed by atoms with Gasteiger partial charge in [-0.25, -0.2) is 4.39 Å². The maximum Gasteiger partial charge on any atom is 0.271 e. The third kappa shape index (κ3) is 4.49. The van der Waals surface area contributed by atoms with Gasteiger partial charge in [-0.15, -0.1) is 0 Å². The molecule has 33 heavy (non-hydrogen) atoms. The van der Waals surface area contributed by atoms with Crippen LogP contribution in [0.3, 0.4) is 0 Å². The summed E-state index contributed by atoms with van der Waals surface area (Å²) in [5.74, 6) is -0.160. The van der Waals surface area contributed by atoms with Gasteiger partial charge < -0.3 is 15.2 Å². The molecule has 4 rings (SSSR count). The molecule has 0 aromatic heterocycles. The monoisotopic (exact) mass is 446 g/mol. The standard InChI is InChI=1S/C26H23FN2O4/c1-15(16-7-11-18(27)12-8-16)28-22(17-9-13-19(33-2)14-10-17)20-5-3-4-6-21(20)29-23-24(30)26(32)25(23)31/h3-15,22,28-30H,1-2H3/t15-,22?/m1/s1. The molecule has 0 saturated carbocycles. The zero-order valence-electron chi connectivity index (χ0n) is 18.1. The third-order valence-electron chi connectivity index (χ3n) is 5.65. The number of hydrogen-bond acceptors (Lipinski definition) is 6. The Labute approximate surface area is 190 Å². The van der Waals surface area contributed by atoms with Crippen LogP contribution >= 0.6 is 0 Å². The average Bonchev–Trinajstić information content (AvgIpc) is 2.86. The van der Waals surface area contributed by atoms with Crippen LogP contribution in [0.1, 0.15) is 35.7 Å². The lowest BCUT2D eigenvalue weighted by atomic mass is 9.95. The summed E-state index contributed by atoms with van der Waals surface area (Å²) in [6.07, 6.45) is 0. The van der Waals surface area contributed by atoms with E-state index in [0.717, 1.165) is 16.7 Å². The molecule has 0 fully saturated rings. The predicted molar refractivity (Wildman–Crippen MR) is 126 cm³/mol. The highest BCUT2D eigenvalue weighted by atomic mass is 19.1. The minimum atomic E-state index is -0.898. The van der Waals surface area contributed by atoms with E-state index in [-0.39, 0.29) is 23.6 Å². The van der Waals surface area contributed by atoms with E-state index in [1.165, 1.54) is 12.1 Å². The number of aromatic hydroxyl groups is 1. The topological polar surface area (TPSA) is 87.7 Å². The molecule has 0 spiro atoms. The van der Waals surface area contributed by atoms with Crippen LogP contribution in [-0.4, -0.2) is 12.2 Å². The quantitative estimate of drug-likeness (QED) is 0.350. The molecule has 0 heterocycles. The van der Waals surface area contributed by atoms with E-state index in [1.807, 2.05) is 43.3 Å². The summed E-state index contributed by atoms with van der Waals surface area (Å²) in [5, 5.41) is 16.3. The number of rotatable bonds is 8. The molecule has 0 saturated heterocycles. The van der Waals surface area contributed by atoms with E-state index in [9.17, 15) is 19.1 Å². The molecule has 1 unspecified atom stereocenters. The van der Waals surface area contributed by atoms with Gasteiger partial charge in [0.25, 0.3) is 10.9 Å². The van der Waals surface area contributed by atoms with Crippen molar-refractivity contribution in [1.29, 1.82) is 0 Å². The molecule has 3 N–H and O–H groups in total. The van der Waals surface area contributed by atoms with Crippen molar-refractivity contribution in [3.05, 3.63) is 116 Å². The first-order valence-electron chi connectivity index (χ1n) is 10.4. The van der Waals surface area contributed by atoms with Gasteiger partial charge in [0.2, 0.25) is 0 Å². The van der Waals surface area contributed by atoms with E-state index in [4.69, 9.17) is 4.74 Å². The summed E-state index contributed by atoms with van der Waals surface area (Å²) in [6, 6.07) is 20.7. The molecule has 2 atom stereocenters. The number of anilines is 2. The van der Waals surface area contributed by atoms with Crippen molar-refractivity contribution in [3.8, 4) is 11.5 Å². The number of nitrogens with one attached hydrogen (secondary N) is 2. The molecule has 7 heteroatoms. The number of hydrogen-bond donors (Lipinski definition) is 3. The van der Waals surface area contributed by atoms with E-state index < -0.39 is 16.6 Å². The van der Waals surface area contributed by atoms with E-state index >= 15 is 0 Å². The second-order valence-corrected chi connectivity index (χ2v) is 7.74. The first-order chi connectivity index (χ1) is 15.9. The molecule has 4 aromatic rings. The van der Waals surface area contributed by atoms with Crippen LogP contribution in [0.2, 0.25) is 0 Å². The Hall–Kier alpha value is -3.97. The van der Waals surface area contributed by atoms with Gasteiger partial charge in [-0.3, -0.25) is 14.9 Å². The number of halogens is 1. The van der Waals surface area contributed by atoms with Gasteiger partial charge in [0.15, 0.2) is 5.75 Å². The lowest BCUT2D eigenvalue weighted by Gasteiger charge is -2.27. The summed E-state index contributed by atoms with van der Waals surface area (Å²) < 4.78 is 18.7. The molecule has 0 aliphatic heterocycles. The zero-order chi connectivity index (χ0) is 23.5. The number of benzene rings is 3. The minimum Gasteiger partial charge on any atom is -0.502 e. The molecular weight excluding hydrogens is 423 g/mol. The SMILES string of the molecule is COc1ccc(C(N[C@H](C)c2ccc(F)cc2)c2ccccc2Nc2c(O)c(=O)c2=O)cc1. The van der Waals surface area contributed by atoms with Crippen LogP contribution in [0, 0.1) is 5.82 Å². The molecule has 0 radical (unpaired) electrons. The average molecular weight is 446 g/mol. The maximum atomic E-state index is 13.4. The summed E-state index contributed by atoms with van der Waals surface area (Å²) in [7, 11) is 1.59. The smallest absolute Gasteiger partial charge is 0.271 e. The molecular formula is C26H23FN2O4. The van der Waals surface area contributed by atoms with Crippen molar-refractivity contribution >= 4 is 11.4 Å². The highest BCUT2D eigenvalue weighted by molar-refractivity contribution is 5.72.